The first-order chi connectivity index (χ1) is 9.93. The van der Waals surface area contributed by atoms with E-state index < -0.39 is 6.17 Å². The van der Waals surface area contributed by atoms with Gasteiger partial charge in [0.15, 0.2) is 0 Å². The Kier molecular flexibility index (Phi) is 6.06. The molecule has 1 spiro atoms. The van der Waals surface area contributed by atoms with E-state index in [4.69, 9.17) is 23.1 Å². The molecule has 0 amide bonds. The van der Waals surface area contributed by atoms with Crippen LogP contribution in [-0.4, -0.2) is 29.9 Å². The molecule has 4 nitrogen and oxygen atoms in total. The lowest BCUT2D eigenvalue weighted by Crippen LogP contribution is -2.54. The maximum Gasteiger partial charge on any atom is 0.137 e. The molecule has 2 fully saturated rings. The van der Waals surface area contributed by atoms with Gasteiger partial charge in [-0.15, -0.1) is 11.6 Å². The minimum absolute atomic E-state index is 0.0555. The van der Waals surface area contributed by atoms with Crippen molar-refractivity contribution in [1.29, 1.82) is 0 Å². The Labute approximate surface area is 133 Å². The van der Waals surface area contributed by atoms with Gasteiger partial charge >= 0.3 is 0 Å². The van der Waals surface area contributed by atoms with Gasteiger partial charge in [-0.3, -0.25) is 4.79 Å². The topological polar surface area (TPSA) is 81.1 Å². The van der Waals surface area contributed by atoms with Gasteiger partial charge in [0.1, 0.15) is 5.78 Å². The standard InChI is InChI=1S/C16H30ClN3O/c1-11(21)14(15(18)19)13-9-16(6-2-3-7-16)8-4-5-12(17)10-20-13/h12-15,20H,2-10,18-19H2,1H3. The monoisotopic (exact) mass is 315 g/mol. The van der Waals surface area contributed by atoms with Gasteiger partial charge in [0, 0.05) is 18.0 Å². The molecular formula is C16H30ClN3O. The van der Waals surface area contributed by atoms with E-state index in [1.165, 1.54) is 38.5 Å². The summed E-state index contributed by atoms with van der Waals surface area (Å²) in [4.78, 5) is 12.0. The number of hydrogen-bond acceptors (Lipinski definition) is 4. The van der Waals surface area contributed by atoms with Crippen molar-refractivity contribution < 1.29 is 4.79 Å². The zero-order chi connectivity index (χ0) is 15.5. The third-order valence-electron chi connectivity index (χ3n) is 5.46. The largest absolute Gasteiger partial charge is 0.315 e. The van der Waals surface area contributed by atoms with Crippen molar-refractivity contribution in [1.82, 2.24) is 5.32 Å². The second-order valence-electron chi connectivity index (χ2n) is 7.13. The summed E-state index contributed by atoms with van der Waals surface area (Å²) in [6, 6.07) is 0.0555. The summed E-state index contributed by atoms with van der Waals surface area (Å²) in [7, 11) is 0. The molecule has 1 heterocycles. The first kappa shape index (κ1) is 17.2. The van der Waals surface area contributed by atoms with Crippen LogP contribution in [0.5, 0.6) is 0 Å². The second-order valence-corrected chi connectivity index (χ2v) is 7.75. The summed E-state index contributed by atoms with van der Waals surface area (Å²) in [6.45, 7) is 2.34. The summed E-state index contributed by atoms with van der Waals surface area (Å²) in [5, 5.41) is 3.64. The van der Waals surface area contributed by atoms with E-state index in [2.05, 4.69) is 5.32 Å². The van der Waals surface area contributed by atoms with E-state index in [1.807, 2.05) is 0 Å². The maximum absolute atomic E-state index is 12.0. The van der Waals surface area contributed by atoms with Crippen molar-refractivity contribution in [3.8, 4) is 0 Å². The van der Waals surface area contributed by atoms with E-state index in [0.717, 1.165) is 19.4 Å². The maximum atomic E-state index is 12.0. The molecule has 2 rings (SSSR count). The second kappa shape index (κ2) is 7.40. The Morgan fingerprint density at radius 3 is 2.43 bits per heavy atom. The van der Waals surface area contributed by atoms with Crippen molar-refractivity contribution in [2.24, 2.45) is 22.8 Å². The van der Waals surface area contributed by atoms with Crippen LogP contribution in [0, 0.1) is 11.3 Å². The van der Waals surface area contributed by atoms with Gasteiger partial charge in [-0.1, -0.05) is 19.3 Å². The summed E-state index contributed by atoms with van der Waals surface area (Å²) in [5.41, 5.74) is 12.2. The summed E-state index contributed by atoms with van der Waals surface area (Å²) in [6.07, 6.45) is 8.99. The Morgan fingerprint density at radius 1 is 1.24 bits per heavy atom. The minimum atomic E-state index is -0.604. The summed E-state index contributed by atoms with van der Waals surface area (Å²) >= 11 is 6.38. The molecule has 122 valence electrons. The van der Waals surface area contributed by atoms with Crippen LogP contribution >= 0.6 is 11.6 Å². The molecule has 0 radical (unpaired) electrons. The average molecular weight is 316 g/mol. The fourth-order valence-electron chi connectivity index (χ4n) is 4.38. The molecule has 1 saturated carbocycles. The predicted octanol–water partition coefficient (Wildman–Crippen LogP) is 2.14. The van der Waals surface area contributed by atoms with Gasteiger partial charge in [-0.25, -0.2) is 0 Å². The summed E-state index contributed by atoms with van der Waals surface area (Å²) in [5.74, 6) is -0.231. The Bertz CT molecular complexity index is 355. The number of Topliss-reactive ketones (excluding diaryl/α,β-unsaturated/α-hetero) is 1. The van der Waals surface area contributed by atoms with Gasteiger partial charge in [-0.05, 0) is 44.4 Å². The van der Waals surface area contributed by atoms with Crippen LogP contribution in [0.25, 0.3) is 0 Å². The number of halogens is 1. The van der Waals surface area contributed by atoms with Gasteiger partial charge < -0.3 is 16.8 Å². The van der Waals surface area contributed by atoms with Gasteiger partial charge in [0.25, 0.3) is 0 Å². The lowest BCUT2D eigenvalue weighted by Gasteiger charge is -2.37. The molecule has 5 N–H and O–H groups in total. The number of nitrogens with two attached hydrogens (primary N) is 2. The number of rotatable bonds is 3. The Morgan fingerprint density at radius 2 is 1.86 bits per heavy atom. The molecule has 1 aliphatic carbocycles. The molecule has 1 saturated heterocycles. The Balaban J connectivity index is 2.19. The molecule has 2 aliphatic rings. The molecule has 0 aromatic rings. The first-order valence-corrected chi connectivity index (χ1v) is 8.76. The minimum Gasteiger partial charge on any atom is -0.315 e. The number of carbonyl (C=O) groups is 1. The van der Waals surface area contributed by atoms with Gasteiger partial charge in [-0.2, -0.15) is 0 Å². The van der Waals surface area contributed by atoms with Crippen LogP contribution in [0.2, 0.25) is 0 Å². The molecule has 5 heteroatoms. The van der Waals surface area contributed by atoms with Crippen LogP contribution in [0.1, 0.15) is 58.3 Å². The lowest BCUT2D eigenvalue weighted by atomic mass is 9.73. The quantitative estimate of drug-likeness (QED) is 0.550. The van der Waals surface area contributed by atoms with E-state index in [9.17, 15) is 4.79 Å². The highest BCUT2D eigenvalue weighted by Crippen LogP contribution is 2.47. The van der Waals surface area contributed by atoms with E-state index >= 15 is 0 Å². The highest BCUT2D eigenvalue weighted by atomic mass is 35.5. The SMILES string of the molecule is CC(=O)C(C(N)N)C1CC2(CCCC2)CCCC(Cl)CN1. The van der Waals surface area contributed by atoms with E-state index in [0.29, 0.717) is 5.41 Å². The number of hydrogen-bond donors (Lipinski definition) is 3. The normalized spacial score (nSPS) is 31.7. The molecular weight excluding hydrogens is 286 g/mol. The zero-order valence-electron chi connectivity index (χ0n) is 13.1. The van der Waals surface area contributed by atoms with Gasteiger partial charge in [0.05, 0.1) is 12.1 Å². The van der Waals surface area contributed by atoms with Crippen LogP contribution in [0.4, 0.5) is 0 Å². The molecule has 0 aromatic heterocycles. The van der Waals surface area contributed by atoms with Gasteiger partial charge in [0.2, 0.25) is 0 Å². The number of nitrogens with one attached hydrogen (secondary N) is 1. The van der Waals surface area contributed by atoms with Crippen LogP contribution in [-0.2, 0) is 4.79 Å². The molecule has 3 unspecified atom stereocenters. The fraction of sp³-hybridized carbons (Fsp3) is 0.938. The molecule has 1 aliphatic heterocycles. The highest BCUT2D eigenvalue weighted by Gasteiger charge is 2.40. The number of carbonyl (C=O) groups excluding carboxylic acids is 1. The van der Waals surface area contributed by atoms with Crippen molar-refractivity contribution in [3.05, 3.63) is 0 Å². The number of ketones is 1. The zero-order valence-corrected chi connectivity index (χ0v) is 13.9. The third-order valence-corrected chi connectivity index (χ3v) is 5.83. The summed E-state index contributed by atoms with van der Waals surface area (Å²) < 4.78 is 0. The molecule has 0 aromatic carbocycles. The first-order valence-electron chi connectivity index (χ1n) is 8.33. The molecule has 21 heavy (non-hydrogen) atoms. The van der Waals surface area contributed by atoms with E-state index in [-0.39, 0.29) is 23.1 Å². The Hall–Kier alpha value is -0.160. The van der Waals surface area contributed by atoms with E-state index in [1.54, 1.807) is 6.92 Å². The van der Waals surface area contributed by atoms with Crippen molar-refractivity contribution in [3.63, 3.8) is 0 Å². The van der Waals surface area contributed by atoms with Crippen LogP contribution in [0.3, 0.4) is 0 Å². The average Bonchev–Trinajstić information content (AvgIpc) is 2.85. The van der Waals surface area contributed by atoms with Crippen molar-refractivity contribution in [2.45, 2.75) is 75.9 Å². The third kappa shape index (κ3) is 4.41. The highest BCUT2D eigenvalue weighted by molar-refractivity contribution is 6.20. The molecule has 0 bridgehead atoms. The number of alkyl halides is 1. The van der Waals surface area contributed by atoms with Crippen LogP contribution in [0.15, 0.2) is 0 Å². The van der Waals surface area contributed by atoms with Crippen LogP contribution < -0.4 is 16.8 Å². The predicted molar refractivity (Wildman–Crippen MR) is 87.1 cm³/mol. The fourth-order valence-corrected chi connectivity index (χ4v) is 4.62. The van der Waals surface area contributed by atoms with Crippen molar-refractivity contribution >= 4 is 17.4 Å². The van der Waals surface area contributed by atoms with Crippen molar-refractivity contribution in [2.75, 3.05) is 6.54 Å². The molecule has 3 atom stereocenters. The smallest absolute Gasteiger partial charge is 0.137 e. The lowest BCUT2D eigenvalue weighted by molar-refractivity contribution is -0.122.